The standard InChI is InChI=1S/C25H26N2O5S2/c1-3-26(4-2)34(29,30)19-6-7-20-17(15-19)11-12-27(20)25(28)24-10-9-23(33-24)18-5-8-21-22(16-18)32-14-13-31-21/h5-10,15-16H,3-4,11-14H2,1-2H3. The van der Waals surface area contributed by atoms with Gasteiger partial charge in [0.05, 0.1) is 9.77 Å². The van der Waals surface area contributed by atoms with Gasteiger partial charge in [0.1, 0.15) is 13.2 Å². The van der Waals surface area contributed by atoms with E-state index in [9.17, 15) is 13.2 Å². The minimum atomic E-state index is -3.53. The van der Waals surface area contributed by atoms with Gasteiger partial charge in [0.2, 0.25) is 10.0 Å². The molecular weight excluding hydrogens is 472 g/mol. The molecule has 0 atom stereocenters. The fourth-order valence-electron chi connectivity index (χ4n) is 4.40. The number of thiophene rings is 1. The molecule has 0 spiro atoms. The van der Waals surface area contributed by atoms with Gasteiger partial charge in [-0.2, -0.15) is 4.31 Å². The molecule has 9 heteroatoms. The van der Waals surface area contributed by atoms with E-state index >= 15 is 0 Å². The Morgan fingerprint density at radius 3 is 2.53 bits per heavy atom. The molecule has 1 amide bonds. The van der Waals surface area contributed by atoms with E-state index in [-0.39, 0.29) is 10.8 Å². The first-order valence-corrected chi connectivity index (χ1v) is 13.6. The molecule has 3 heterocycles. The van der Waals surface area contributed by atoms with E-state index in [1.165, 1.54) is 15.6 Å². The van der Waals surface area contributed by atoms with Crippen molar-refractivity contribution >= 4 is 33.0 Å². The maximum Gasteiger partial charge on any atom is 0.268 e. The highest BCUT2D eigenvalue weighted by Gasteiger charge is 2.29. The van der Waals surface area contributed by atoms with Crippen LogP contribution in [-0.4, -0.2) is 51.5 Å². The third-order valence-corrected chi connectivity index (χ3v) is 9.35. The zero-order chi connectivity index (χ0) is 23.9. The molecule has 1 aromatic heterocycles. The average molecular weight is 499 g/mol. The Morgan fingerprint density at radius 1 is 1.00 bits per heavy atom. The van der Waals surface area contributed by atoms with Crippen molar-refractivity contribution in [3.05, 3.63) is 59.0 Å². The first-order chi connectivity index (χ1) is 16.4. The predicted octanol–water partition coefficient (Wildman–Crippen LogP) is 4.42. The van der Waals surface area contributed by atoms with Crippen molar-refractivity contribution in [2.45, 2.75) is 25.2 Å². The van der Waals surface area contributed by atoms with Crippen molar-refractivity contribution in [2.24, 2.45) is 0 Å². The minimum absolute atomic E-state index is 0.0770. The SMILES string of the molecule is CCN(CC)S(=O)(=O)c1ccc2c(c1)CCN2C(=O)c1ccc(-c2ccc3c(c2)OCCO3)s1. The van der Waals surface area contributed by atoms with Crippen LogP contribution in [0.25, 0.3) is 10.4 Å². The van der Waals surface area contributed by atoms with Crippen molar-refractivity contribution in [2.75, 3.05) is 37.7 Å². The molecule has 2 aliphatic rings. The van der Waals surface area contributed by atoms with Crippen molar-refractivity contribution in [3.8, 4) is 21.9 Å². The van der Waals surface area contributed by atoms with Gasteiger partial charge >= 0.3 is 0 Å². The summed E-state index contributed by atoms with van der Waals surface area (Å²) in [6.07, 6.45) is 0.628. The normalized spacial score (nSPS) is 15.0. The van der Waals surface area contributed by atoms with Crippen molar-refractivity contribution in [1.29, 1.82) is 0 Å². The van der Waals surface area contributed by atoms with E-state index < -0.39 is 10.0 Å². The van der Waals surface area contributed by atoms with Gasteiger partial charge in [0, 0.05) is 30.2 Å². The van der Waals surface area contributed by atoms with Crippen LogP contribution in [0.15, 0.2) is 53.4 Å². The highest BCUT2D eigenvalue weighted by molar-refractivity contribution is 7.89. The molecule has 2 aliphatic heterocycles. The summed E-state index contributed by atoms with van der Waals surface area (Å²) in [5.74, 6) is 1.37. The second kappa shape index (κ2) is 9.05. The summed E-state index contributed by atoms with van der Waals surface area (Å²) in [7, 11) is -3.53. The molecule has 0 aliphatic carbocycles. The molecule has 0 saturated carbocycles. The lowest BCUT2D eigenvalue weighted by molar-refractivity contribution is 0.0993. The summed E-state index contributed by atoms with van der Waals surface area (Å²) in [5.41, 5.74) is 2.63. The Balaban J connectivity index is 1.38. The van der Waals surface area contributed by atoms with E-state index in [0.717, 1.165) is 27.4 Å². The van der Waals surface area contributed by atoms with Gasteiger partial charge in [-0.3, -0.25) is 4.79 Å². The third-order valence-electron chi connectivity index (χ3n) is 6.18. The van der Waals surface area contributed by atoms with Crippen LogP contribution in [0.3, 0.4) is 0 Å². The van der Waals surface area contributed by atoms with Gasteiger partial charge in [-0.05, 0) is 66.1 Å². The number of benzene rings is 2. The molecule has 0 fully saturated rings. The van der Waals surface area contributed by atoms with Crippen LogP contribution < -0.4 is 14.4 Å². The monoisotopic (exact) mass is 498 g/mol. The molecule has 34 heavy (non-hydrogen) atoms. The van der Waals surface area contributed by atoms with E-state index in [1.54, 1.807) is 23.1 Å². The lowest BCUT2D eigenvalue weighted by Crippen LogP contribution is -2.30. The van der Waals surface area contributed by atoms with Crippen LogP contribution in [0.5, 0.6) is 11.5 Å². The first kappa shape index (κ1) is 22.9. The van der Waals surface area contributed by atoms with Gasteiger partial charge in [-0.15, -0.1) is 11.3 Å². The Morgan fingerprint density at radius 2 is 1.76 bits per heavy atom. The number of amides is 1. The molecule has 3 aromatic rings. The molecule has 7 nitrogen and oxygen atoms in total. The number of hydrogen-bond acceptors (Lipinski definition) is 6. The molecule has 0 saturated heterocycles. The molecule has 2 aromatic carbocycles. The Hall–Kier alpha value is -2.88. The number of ether oxygens (including phenoxy) is 2. The molecular formula is C25H26N2O5S2. The zero-order valence-electron chi connectivity index (χ0n) is 19.1. The number of carbonyl (C=O) groups excluding carboxylic acids is 1. The molecule has 0 radical (unpaired) electrons. The summed E-state index contributed by atoms with van der Waals surface area (Å²) in [5, 5.41) is 0. The lowest BCUT2D eigenvalue weighted by Gasteiger charge is -2.20. The smallest absolute Gasteiger partial charge is 0.268 e. The summed E-state index contributed by atoms with van der Waals surface area (Å²) in [6.45, 7) is 6.10. The van der Waals surface area contributed by atoms with Gasteiger partial charge < -0.3 is 14.4 Å². The molecule has 5 rings (SSSR count). The van der Waals surface area contributed by atoms with Gasteiger partial charge in [0.25, 0.3) is 5.91 Å². The van der Waals surface area contributed by atoms with Gasteiger partial charge in [-0.1, -0.05) is 13.8 Å². The Bertz CT molecular complexity index is 1350. The lowest BCUT2D eigenvalue weighted by atomic mass is 10.1. The maximum atomic E-state index is 13.3. The Labute approximate surface area is 203 Å². The zero-order valence-corrected chi connectivity index (χ0v) is 20.7. The number of fused-ring (bicyclic) bond motifs is 2. The number of sulfonamides is 1. The largest absolute Gasteiger partial charge is 0.486 e. The highest BCUT2D eigenvalue weighted by Crippen LogP contribution is 2.38. The van der Waals surface area contributed by atoms with E-state index in [2.05, 4.69) is 0 Å². The van der Waals surface area contributed by atoms with E-state index in [4.69, 9.17) is 9.47 Å². The molecule has 178 valence electrons. The second-order valence-corrected chi connectivity index (χ2v) is 11.1. The Kier molecular flexibility index (Phi) is 6.09. The molecule has 0 unspecified atom stereocenters. The topological polar surface area (TPSA) is 76.2 Å². The van der Waals surface area contributed by atoms with Crippen LogP contribution in [-0.2, 0) is 16.4 Å². The third kappa shape index (κ3) is 3.97. The summed E-state index contributed by atoms with van der Waals surface area (Å²) < 4.78 is 38.5. The van der Waals surface area contributed by atoms with Crippen LogP contribution in [0.4, 0.5) is 5.69 Å². The average Bonchev–Trinajstić information content (AvgIpc) is 3.51. The van der Waals surface area contributed by atoms with Crippen molar-refractivity contribution < 1.29 is 22.7 Å². The van der Waals surface area contributed by atoms with Crippen LogP contribution in [0, 0.1) is 0 Å². The number of anilines is 1. The quantitative estimate of drug-likeness (QED) is 0.503. The van der Waals surface area contributed by atoms with Crippen molar-refractivity contribution in [1.82, 2.24) is 4.31 Å². The maximum absolute atomic E-state index is 13.3. The minimum Gasteiger partial charge on any atom is -0.486 e. The van der Waals surface area contributed by atoms with Crippen LogP contribution in [0.2, 0.25) is 0 Å². The number of nitrogens with zero attached hydrogens (tertiary/aromatic N) is 2. The molecule has 0 N–H and O–H groups in total. The summed E-state index contributed by atoms with van der Waals surface area (Å²) in [4.78, 5) is 17.0. The highest BCUT2D eigenvalue weighted by atomic mass is 32.2. The van der Waals surface area contributed by atoms with Gasteiger partial charge in [0.15, 0.2) is 11.5 Å². The number of rotatable bonds is 6. The fourth-order valence-corrected chi connectivity index (χ4v) is 6.86. The second-order valence-electron chi connectivity index (χ2n) is 8.11. The predicted molar refractivity (Wildman–Crippen MR) is 133 cm³/mol. The van der Waals surface area contributed by atoms with Crippen molar-refractivity contribution in [3.63, 3.8) is 0 Å². The summed E-state index contributed by atoms with van der Waals surface area (Å²) >= 11 is 1.43. The molecule has 0 bridgehead atoms. The van der Waals surface area contributed by atoms with E-state index in [1.807, 2.05) is 44.2 Å². The fraction of sp³-hybridized carbons (Fsp3) is 0.320. The van der Waals surface area contributed by atoms with E-state index in [0.29, 0.717) is 49.9 Å². The number of carbonyl (C=O) groups is 1. The number of hydrogen-bond donors (Lipinski definition) is 0. The summed E-state index contributed by atoms with van der Waals surface area (Å²) in [6, 6.07) is 14.7. The van der Waals surface area contributed by atoms with Crippen LogP contribution in [0.1, 0.15) is 29.1 Å². The van der Waals surface area contributed by atoms with Gasteiger partial charge in [-0.25, -0.2) is 8.42 Å². The first-order valence-electron chi connectivity index (χ1n) is 11.4. The van der Waals surface area contributed by atoms with Crippen LogP contribution >= 0.6 is 11.3 Å².